The van der Waals surface area contributed by atoms with E-state index < -0.39 is 6.04 Å². The minimum atomic E-state index is -0.423. The Morgan fingerprint density at radius 2 is 2.12 bits per heavy atom. The molecule has 5 nitrogen and oxygen atoms in total. The molecule has 0 bridgehead atoms. The van der Waals surface area contributed by atoms with Gasteiger partial charge in [-0.1, -0.05) is 29.8 Å². The lowest BCUT2D eigenvalue weighted by molar-refractivity contribution is -0.125. The first-order chi connectivity index (χ1) is 12.6. The number of amides is 2. The first kappa shape index (κ1) is 17.1. The SMILES string of the molecule is O=C(NCc1cc2ccccc2[nH]1)C1CCCN1C(=O)c1ccc(Cl)s1. The highest BCUT2D eigenvalue weighted by Crippen LogP contribution is 2.26. The molecular formula is C19H18ClN3O2S. The van der Waals surface area contributed by atoms with Crippen molar-refractivity contribution in [3.63, 3.8) is 0 Å². The van der Waals surface area contributed by atoms with Crippen molar-refractivity contribution in [3.05, 3.63) is 57.4 Å². The molecule has 0 spiro atoms. The average Bonchev–Trinajstić information content (AvgIpc) is 3.37. The maximum absolute atomic E-state index is 12.7. The Balaban J connectivity index is 1.42. The predicted octanol–water partition coefficient (Wildman–Crippen LogP) is 3.80. The van der Waals surface area contributed by atoms with Crippen molar-refractivity contribution in [2.24, 2.45) is 0 Å². The Morgan fingerprint density at radius 1 is 1.27 bits per heavy atom. The summed E-state index contributed by atoms with van der Waals surface area (Å²) in [6.45, 7) is 1.01. The Bertz CT molecular complexity index is 932. The Hall–Kier alpha value is -2.31. The molecule has 1 saturated heterocycles. The molecule has 26 heavy (non-hydrogen) atoms. The molecule has 1 fully saturated rings. The second-order valence-corrected chi connectivity index (χ2v) is 8.08. The minimum absolute atomic E-state index is 0.114. The van der Waals surface area contributed by atoms with Crippen molar-refractivity contribution < 1.29 is 9.59 Å². The number of fused-ring (bicyclic) bond motifs is 1. The third-order valence-electron chi connectivity index (χ3n) is 4.64. The van der Waals surface area contributed by atoms with Gasteiger partial charge in [0.1, 0.15) is 6.04 Å². The fraction of sp³-hybridized carbons (Fsp3) is 0.263. The molecule has 1 aliphatic heterocycles. The van der Waals surface area contributed by atoms with Gasteiger partial charge >= 0.3 is 0 Å². The monoisotopic (exact) mass is 387 g/mol. The summed E-state index contributed by atoms with van der Waals surface area (Å²) in [6, 6.07) is 13.0. The molecule has 0 aliphatic carbocycles. The van der Waals surface area contributed by atoms with Crippen LogP contribution in [0.1, 0.15) is 28.2 Å². The van der Waals surface area contributed by atoms with Gasteiger partial charge in [0.25, 0.3) is 5.91 Å². The predicted molar refractivity (Wildman–Crippen MR) is 104 cm³/mol. The minimum Gasteiger partial charge on any atom is -0.357 e. The van der Waals surface area contributed by atoms with E-state index in [-0.39, 0.29) is 11.8 Å². The van der Waals surface area contributed by atoms with Crippen LogP contribution in [0.3, 0.4) is 0 Å². The number of H-pyrrole nitrogens is 1. The van der Waals surface area contributed by atoms with Crippen LogP contribution in [-0.2, 0) is 11.3 Å². The third kappa shape index (κ3) is 3.34. The summed E-state index contributed by atoms with van der Waals surface area (Å²) < 4.78 is 0.576. The van der Waals surface area contributed by atoms with Crippen LogP contribution in [0.2, 0.25) is 4.34 Å². The molecule has 7 heteroatoms. The second-order valence-electron chi connectivity index (χ2n) is 6.36. The highest BCUT2D eigenvalue weighted by Gasteiger charge is 2.34. The third-order valence-corrected chi connectivity index (χ3v) is 5.86. The van der Waals surface area contributed by atoms with Crippen LogP contribution in [-0.4, -0.2) is 34.3 Å². The molecule has 3 heterocycles. The number of rotatable bonds is 4. The second kappa shape index (κ2) is 7.13. The van der Waals surface area contributed by atoms with Gasteiger partial charge in [-0.05, 0) is 42.5 Å². The van der Waals surface area contributed by atoms with Gasteiger partial charge in [-0.25, -0.2) is 0 Å². The number of nitrogens with one attached hydrogen (secondary N) is 2. The van der Waals surface area contributed by atoms with E-state index in [2.05, 4.69) is 10.3 Å². The molecule has 2 aromatic heterocycles. The maximum atomic E-state index is 12.7. The molecule has 4 rings (SSSR count). The maximum Gasteiger partial charge on any atom is 0.264 e. The largest absolute Gasteiger partial charge is 0.357 e. The zero-order valence-corrected chi connectivity index (χ0v) is 15.6. The van der Waals surface area contributed by atoms with E-state index in [1.807, 2.05) is 30.3 Å². The summed E-state index contributed by atoms with van der Waals surface area (Å²) in [5, 5.41) is 4.07. The van der Waals surface area contributed by atoms with E-state index in [0.717, 1.165) is 23.0 Å². The number of thiophene rings is 1. The lowest BCUT2D eigenvalue weighted by Crippen LogP contribution is -2.45. The van der Waals surface area contributed by atoms with Crippen molar-refractivity contribution in [1.82, 2.24) is 15.2 Å². The molecule has 1 atom stereocenters. The molecule has 1 aromatic carbocycles. The number of benzene rings is 1. The van der Waals surface area contributed by atoms with E-state index in [0.29, 0.717) is 28.7 Å². The van der Waals surface area contributed by atoms with Gasteiger partial charge in [-0.15, -0.1) is 11.3 Å². The Kier molecular flexibility index (Phi) is 4.70. The van der Waals surface area contributed by atoms with Gasteiger partial charge in [0.05, 0.1) is 15.8 Å². The smallest absolute Gasteiger partial charge is 0.264 e. The quantitative estimate of drug-likeness (QED) is 0.715. The number of carbonyl (C=O) groups excluding carboxylic acids is 2. The van der Waals surface area contributed by atoms with Crippen LogP contribution in [0.5, 0.6) is 0 Å². The van der Waals surface area contributed by atoms with E-state index in [4.69, 9.17) is 11.6 Å². The molecule has 0 saturated carbocycles. The summed E-state index contributed by atoms with van der Waals surface area (Å²) in [7, 11) is 0. The van der Waals surface area contributed by atoms with Crippen LogP contribution in [0.15, 0.2) is 42.5 Å². The highest BCUT2D eigenvalue weighted by atomic mass is 35.5. The number of para-hydroxylation sites is 1. The molecule has 1 aliphatic rings. The van der Waals surface area contributed by atoms with Crippen molar-refractivity contribution in [2.75, 3.05) is 6.54 Å². The number of hydrogen-bond acceptors (Lipinski definition) is 3. The fourth-order valence-corrected chi connectivity index (χ4v) is 4.38. The topological polar surface area (TPSA) is 65.2 Å². The van der Waals surface area contributed by atoms with Gasteiger partial charge in [0.15, 0.2) is 0 Å². The summed E-state index contributed by atoms with van der Waals surface area (Å²) in [5.74, 6) is -0.234. The van der Waals surface area contributed by atoms with Crippen molar-refractivity contribution in [3.8, 4) is 0 Å². The standard InChI is InChI=1S/C19H18ClN3O2S/c20-17-8-7-16(26-17)19(25)23-9-3-6-15(23)18(24)21-11-13-10-12-4-1-2-5-14(12)22-13/h1-2,4-5,7-8,10,15,22H,3,6,9,11H2,(H,21,24). The molecule has 2 amide bonds. The molecule has 2 N–H and O–H groups in total. The van der Waals surface area contributed by atoms with E-state index in [9.17, 15) is 9.59 Å². The number of aromatic amines is 1. The number of aromatic nitrogens is 1. The number of likely N-dealkylation sites (tertiary alicyclic amines) is 1. The van der Waals surface area contributed by atoms with Crippen molar-refractivity contribution >= 4 is 45.7 Å². The zero-order valence-electron chi connectivity index (χ0n) is 14.0. The van der Waals surface area contributed by atoms with Crippen molar-refractivity contribution in [1.29, 1.82) is 0 Å². The summed E-state index contributed by atoms with van der Waals surface area (Å²) in [4.78, 5) is 30.8. The van der Waals surface area contributed by atoms with Gasteiger partial charge in [-0.3, -0.25) is 9.59 Å². The molecule has 1 unspecified atom stereocenters. The van der Waals surface area contributed by atoms with Gasteiger partial charge in [-0.2, -0.15) is 0 Å². The summed E-state index contributed by atoms with van der Waals surface area (Å²) >= 11 is 7.17. The highest BCUT2D eigenvalue weighted by molar-refractivity contribution is 7.18. The zero-order chi connectivity index (χ0) is 18.1. The fourth-order valence-electron chi connectivity index (χ4n) is 3.38. The lowest BCUT2D eigenvalue weighted by atomic mass is 10.2. The average molecular weight is 388 g/mol. The van der Waals surface area contributed by atoms with Crippen molar-refractivity contribution in [2.45, 2.75) is 25.4 Å². The Morgan fingerprint density at radius 3 is 2.88 bits per heavy atom. The number of hydrogen-bond donors (Lipinski definition) is 2. The summed E-state index contributed by atoms with van der Waals surface area (Å²) in [5.41, 5.74) is 1.99. The number of halogens is 1. The van der Waals surface area contributed by atoms with Crippen LogP contribution >= 0.6 is 22.9 Å². The normalized spacial score (nSPS) is 17.0. The first-order valence-corrected chi connectivity index (χ1v) is 9.72. The molecule has 0 radical (unpaired) electrons. The molecular weight excluding hydrogens is 370 g/mol. The van der Waals surface area contributed by atoms with Crippen LogP contribution < -0.4 is 5.32 Å². The van der Waals surface area contributed by atoms with Crippen LogP contribution in [0, 0.1) is 0 Å². The van der Waals surface area contributed by atoms with Gasteiger partial charge in [0.2, 0.25) is 5.91 Å². The molecule has 134 valence electrons. The molecule has 3 aromatic rings. The van der Waals surface area contributed by atoms with Gasteiger partial charge < -0.3 is 15.2 Å². The Labute approximate surface area is 160 Å². The first-order valence-electron chi connectivity index (χ1n) is 8.52. The van der Waals surface area contributed by atoms with E-state index >= 15 is 0 Å². The lowest BCUT2D eigenvalue weighted by Gasteiger charge is -2.23. The van der Waals surface area contributed by atoms with Crippen LogP contribution in [0.4, 0.5) is 0 Å². The number of nitrogens with zero attached hydrogens (tertiary/aromatic N) is 1. The van der Waals surface area contributed by atoms with Crippen LogP contribution in [0.25, 0.3) is 10.9 Å². The van der Waals surface area contributed by atoms with E-state index in [1.54, 1.807) is 17.0 Å². The summed E-state index contributed by atoms with van der Waals surface area (Å²) in [6.07, 6.45) is 1.51. The van der Waals surface area contributed by atoms with Gasteiger partial charge in [0, 0.05) is 17.8 Å². The number of carbonyl (C=O) groups is 2. The van der Waals surface area contributed by atoms with E-state index in [1.165, 1.54) is 11.3 Å².